The molecule has 0 saturated heterocycles. The number of carbonyl (C=O) groups is 1. The third-order valence-electron chi connectivity index (χ3n) is 2.49. The van der Waals surface area contributed by atoms with E-state index in [0.29, 0.717) is 5.75 Å². The first-order valence-electron chi connectivity index (χ1n) is 5.92. The number of amides is 1. The van der Waals surface area contributed by atoms with Crippen molar-refractivity contribution in [1.29, 1.82) is 0 Å². The molecule has 1 heterocycles. The van der Waals surface area contributed by atoms with E-state index in [1.807, 2.05) is 29.6 Å². The Bertz CT molecular complexity index is 573. The van der Waals surface area contributed by atoms with E-state index in [4.69, 9.17) is 4.74 Å². The molecule has 0 aliphatic heterocycles. The summed E-state index contributed by atoms with van der Waals surface area (Å²) >= 11 is 6.72. The van der Waals surface area contributed by atoms with Crippen molar-refractivity contribution in [1.82, 2.24) is 0 Å². The van der Waals surface area contributed by atoms with Crippen molar-refractivity contribution in [3.63, 3.8) is 0 Å². The maximum Gasteiger partial charge on any atom is 0.234 e. The van der Waals surface area contributed by atoms with E-state index in [1.54, 1.807) is 30.2 Å². The van der Waals surface area contributed by atoms with Crippen molar-refractivity contribution < 1.29 is 9.53 Å². The van der Waals surface area contributed by atoms with Crippen molar-refractivity contribution in [2.45, 2.75) is 5.75 Å². The fourth-order valence-electron chi connectivity index (χ4n) is 1.58. The number of hydrogen-bond donors (Lipinski definition) is 1. The van der Waals surface area contributed by atoms with Crippen LogP contribution in [-0.4, -0.2) is 18.8 Å². The molecule has 0 fully saturated rings. The number of halogens is 1. The summed E-state index contributed by atoms with van der Waals surface area (Å²) in [6.45, 7) is 0. The minimum Gasteiger partial charge on any atom is -0.496 e. The van der Waals surface area contributed by atoms with Crippen LogP contribution in [0.1, 0.15) is 4.88 Å². The van der Waals surface area contributed by atoms with Crippen molar-refractivity contribution in [2.75, 3.05) is 18.2 Å². The van der Waals surface area contributed by atoms with Gasteiger partial charge in [-0.15, -0.1) is 23.1 Å². The van der Waals surface area contributed by atoms with Crippen LogP contribution in [0, 0.1) is 0 Å². The highest BCUT2D eigenvalue weighted by Crippen LogP contribution is 2.27. The predicted molar refractivity (Wildman–Crippen MR) is 89.8 cm³/mol. The Labute approximate surface area is 134 Å². The summed E-state index contributed by atoms with van der Waals surface area (Å²) in [5.41, 5.74) is 0.763. The topological polar surface area (TPSA) is 38.3 Å². The Morgan fingerprint density at radius 2 is 2.30 bits per heavy atom. The molecule has 0 atom stereocenters. The molecule has 0 radical (unpaired) electrons. The predicted octanol–water partition coefficient (Wildman–Crippen LogP) is 4.39. The highest BCUT2D eigenvalue weighted by molar-refractivity contribution is 9.10. The van der Waals surface area contributed by atoms with E-state index in [-0.39, 0.29) is 5.91 Å². The monoisotopic (exact) mass is 371 g/mol. The molecule has 3 nitrogen and oxygen atoms in total. The number of hydrogen-bond acceptors (Lipinski definition) is 4. The molecule has 0 aliphatic carbocycles. The van der Waals surface area contributed by atoms with Gasteiger partial charge in [-0.1, -0.05) is 6.07 Å². The molecule has 6 heteroatoms. The molecule has 1 aromatic heterocycles. The Balaban J connectivity index is 1.80. The van der Waals surface area contributed by atoms with Crippen LogP contribution in [0.15, 0.2) is 40.2 Å². The second-order valence-corrected chi connectivity index (χ2v) is 6.84. The van der Waals surface area contributed by atoms with Gasteiger partial charge in [0.25, 0.3) is 0 Å². The summed E-state index contributed by atoms with van der Waals surface area (Å²) in [7, 11) is 1.61. The number of anilines is 1. The molecule has 0 aliphatic rings. The standard InChI is InChI=1S/C14H14BrNO2S2/c1-18-13-5-4-10(7-12(13)15)16-14(17)9-19-8-11-3-2-6-20-11/h2-7H,8-9H2,1H3,(H,16,17). The molecule has 2 rings (SSSR count). The molecule has 20 heavy (non-hydrogen) atoms. The summed E-state index contributed by atoms with van der Waals surface area (Å²) in [6.07, 6.45) is 0. The normalized spacial score (nSPS) is 10.3. The van der Waals surface area contributed by atoms with Crippen LogP contribution in [0.5, 0.6) is 5.75 Å². The van der Waals surface area contributed by atoms with Crippen molar-refractivity contribution in [3.05, 3.63) is 45.1 Å². The highest BCUT2D eigenvalue weighted by Gasteiger charge is 2.06. The Morgan fingerprint density at radius 3 is 2.95 bits per heavy atom. The molecular formula is C14H14BrNO2S2. The first-order chi connectivity index (χ1) is 9.69. The van der Waals surface area contributed by atoms with Crippen molar-refractivity contribution >= 4 is 50.6 Å². The molecule has 0 spiro atoms. The molecule has 1 amide bonds. The van der Waals surface area contributed by atoms with Crippen LogP contribution in [-0.2, 0) is 10.5 Å². The minimum absolute atomic E-state index is 0.00335. The second kappa shape index (κ2) is 7.71. The van der Waals surface area contributed by atoms with Crippen LogP contribution in [0.25, 0.3) is 0 Å². The number of benzene rings is 1. The quantitative estimate of drug-likeness (QED) is 0.817. The second-order valence-electron chi connectivity index (χ2n) is 3.97. The van der Waals surface area contributed by atoms with Crippen LogP contribution >= 0.6 is 39.0 Å². The number of nitrogens with one attached hydrogen (secondary N) is 1. The van der Waals surface area contributed by atoms with Gasteiger partial charge >= 0.3 is 0 Å². The van der Waals surface area contributed by atoms with Crippen LogP contribution < -0.4 is 10.1 Å². The summed E-state index contributed by atoms with van der Waals surface area (Å²) in [4.78, 5) is 13.1. The lowest BCUT2D eigenvalue weighted by Gasteiger charge is -2.08. The lowest BCUT2D eigenvalue weighted by Crippen LogP contribution is -2.14. The molecule has 1 N–H and O–H groups in total. The van der Waals surface area contributed by atoms with Gasteiger partial charge in [-0.25, -0.2) is 0 Å². The van der Waals surface area contributed by atoms with Gasteiger partial charge in [-0.3, -0.25) is 4.79 Å². The molecule has 0 bridgehead atoms. The van der Waals surface area contributed by atoms with E-state index >= 15 is 0 Å². The summed E-state index contributed by atoms with van der Waals surface area (Å²) in [5.74, 6) is 2.07. The Hall–Kier alpha value is -0.980. The lowest BCUT2D eigenvalue weighted by atomic mass is 10.3. The van der Waals surface area contributed by atoms with Crippen molar-refractivity contribution in [2.24, 2.45) is 0 Å². The molecule has 0 unspecified atom stereocenters. The van der Waals surface area contributed by atoms with Gasteiger partial charge in [0, 0.05) is 16.3 Å². The maximum absolute atomic E-state index is 11.8. The summed E-state index contributed by atoms with van der Waals surface area (Å²) < 4.78 is 5.97. The van der Waals surface area contributed by atoms with E-state index in [2.05, 4.69) is 27.3 Å². The van der Waals surface area contributed by atoms with Gasteiger partial charge in [0.1, 0.15) is 5.75 Å². The zero-order chi connectivity index (χ0) is 14.4. The van der Waals surface area contributed by atoms with Gasteiger partial charge in [-0.05, 0) is 45.6 Å². The third-order valence-corrected chi connectivity index (χ3v) is 5.15. The van der Waals surface area contributed by atoms with E-state index < -0.39 is 0 Å². The zero-order valence-electron chi connectivity index (χ0n) is 10.9. The summed E-state index contributed by atoms with van der Waals surface area (Å²) in [5, 5.41) is 4.92. The SMILES string of the molecule is COc1ccc(NC(=O)CSCc2cccs2)cc1Br. The fourth-order valence-corrected chi connectivity index (χ4v) is 3.79. The molecule has 106 valence electrons. The van der Waals surface area contributed by atoms with E-state index in [1.165, 1.54) is 4.88 Å². The van der Waals surface area contributed by atoms with Crippen LogP contribution in [0.2, 0.25) is 0 Å². The largest absolute Gasteiger partial charge is 0.496 e. The number of methoxy groups -OCH3 is 1. The van der Waals surface area contributed by atoms with Crippen LogP contribution in [0.3, 0.4) is 0 Å². The average molecular weight is 372 g/mol. The highest BCUT2D eigenvalue weighted by atomic mass is 79.9. The van der Waals surface area contributed by atoms with Crippen molar-refractivity contribution in [3.8, 4) is 5.75 Å². The number of thioether (sulfide) groups is 1. The fraction of sp³-hybridized carbons (Fsp3) is 0.214. The van der Waals surface area contributed by atoms with Gasteiger partial charge in [0.2, 0.25) is 5.91 Å². The average Bonchev–Trinajstić information content (AvgIpc) is 2.92. The van der Waals surface area contributed by atoms with Crippen LogP contribution in [0.4, 0.5) is 5.69 Å². The van der Waals surface area contributed by atoms with Gasteiger partial charge < -0.3 is 10.1 Å². The number of carbonyl (C=O) groups excluding carboxylic acids is 1. The summed E-state index contributed by atoms with van der Waals surface area (Å²) in [6, 6.07) is 9.58. The number of ether oxygens (including phenoxy) is 1. The molecular weight excluding hydrogens is 358 g/mol. The first-order valence-corrected chi connectivity index (χ1v) is 8.75. The lowest BCUT2D eigenvalue weighted by molar-refractivity contribution is -0.113. The van der Waals surface area contributed by atoms with Gasteiger partial charge in [0.15, 0.2) is 0 Å². The molecule has 1 aromatic carbocycles. The Morgan fingerprint density at radius 1 is 1.45 bits per heavy atom. The Kier molecular flexibility index (Phi) is 5.94. The minimum atomic E-state index is 0.00335. The zero-order valence-corrected chi connectivity index (χ0v) is 14.1. The maximum atomic E-state index is 11.8. The number of rotatable bonds is 6. The number of thiophene rings is 1. The van der Waals surface area contributed by atoms with E-state index in [0.717, 1.165) is 21.7 Å². The van der Waals surface area contributed by atoms with E-state index in [9.17, 15) is 4.79 Å². The molecule has 2 aromatic rings. The van der Waals surface area contributed by atoms with Gasteiger partial charge in [0.05, 0.1) is 17.3 Å². The van der Waals surface area contributed by atoms with Gasteiger partial charge in [-0.2, -0.15) is 0 Å². The first kappa shape index (κ1) is 15.4. The molecule has 0 saturated carbocycles. The third kappa shape index (κ3) is 4.54. The smallest absolute Gasteiger partial charge is 0.234 e.